The number of aliphatic hydroxyl groups excluding tert-OH is 1. The highest BCUT2D eigenvalue weighted by Gasteiger charge is 2.14. The van der Waals surface area contributed by atoms with Crippen molar-refractivity contribution in [2.24, 2.45) is 0 Å². The minimum Gasteiger partial charge on any atom is -0.394 e. The Hall–Kier alpha value is -1.35. The summed E-state index contributed by atoms with van der Waals surface area (Å²) in [5, 5.41) is 8.96. The minimum absolute atomic E-state index is 0.00383. The highest BCUT2D eigenvalue weighted by molar-refractivity contribution is 5.78. The van der Waals surface area contributed by atoms with Crippen LogP contribution >= 0.6 is 0 Å². The number of likely N-dealkylation sites (N-methyl/N-ethyl adjacent to an activating group) is 1. The minimum atomic E-state index is -0.127. The van der Waals surface area contributed by atoms with Gasteiger partial charge in [-0.2, -0.15) is 0 Å². The van der Waals surface area contributed by atoms with E-state index in [-0.39, 0.29) is 18.6 Å². The fourth-order valence-electron chi connectivity index (χ4n) is 1.37. The Morgan fingerprint density at radius 1 is 1.38 bits per heavy atom. The van der Waals surface area contributed by atoms with Gasteiger partial charge < -0.3 is 10.0 Å². The molecule has 1 amide bonds. The smallest absolute Gasteiger partial charge is 0.227 e. The van der Waals surface area contributed by atoms with E-state index in [9.17, 15) is 4.79 Å². The molecule has 0 bridgehead atoms. The molecule has 0 radical (unpaired) electrons. The predicted molar refractivity (Wildman–Crippen MR) is 64.2 cm³/mol. The average Bonchev–Trinajstić information content (AvgIpc) is 2.30. The third-order valence-corrected chi connectivity index (χ3v) is 2.79. The van der Waals surface area contributed by atoms with Crippen molar-refractivity contribution in [3.05, 3.63) is 35.4 Å². The second-order valence-corrected chi connectivity index (χ2v) is 4.20. The lowest BCUT2D eigenvalue weighted by Crippen LogP contribution is -2.38. The van der Waals surface area contributed by atoms with Gasteiger partial charge in [-0.15, -0.1) is 0 Å². The molecule has 0 heterocycles. The van der Waals surface area contributed by atoms with Gasteiger partial charge in [-0.1, -0.05) is 29.8 Å². The summed E-state index contributed by atoms with van der Waals surface area (Å²) in [7, 11) is 1.72. The van der Waals surface area contributed by atoms with Crippen molar-refractivity contribution in [1.29, 1.82) is 0 Å². The van der Waals surface area contributed by atoms with Crippen LogP contribution in [-0.4, -0.2) is 35.6 Å². The third-order valence-electron chi connectivity index (χ3n) is 2.79. The van der Waals surface area contributed by atoms with Crippen LogP contribution in [0.15, 0.2) is 24.3 Å². The lowest BCUT2D eigenvalue weighted by molar-refractivity contribution is -0.131. The normalized spacial score (nSPS) is 12.2. The monoisotopic (exact) mass is 221 g/mol. The van der Waals surface area contributed by atoms with Crippen LogP contribution in [0.3, 0.4) is 0 Å². The molecule has 3 heteroatoms. The second-order valence-electron chi connectivity index (χ2n) is 4.20. The van der Waals surface area contributed by atoms with Crippen LogP contribution in [0.1, 0.15) is 18.1 Å². The Bertz CT molecular complexity index is 345. The summed E-state index contributed by atoms with van der Waals surface area (Å²) in [6.45, 7) is 3.84. The molecule has 0 aliphatic heterocycles. The maximum atomic E-state index is 11.8. The summed E-state index contributed by atoms with van der Waals surface area (Å²) in [5.41, 5.74) is 2.20. The number of rotatable bonds is 4. The van der Waals surface area contributed by atoms with E-state index >= 15 is 0 Å². The van der Waals surface area contributed by atoms with Gasteiger partial charge >= 0.3 is 0 Å². The predicted octanol–water partition coefficient (Wildman–Crippen LogP) is 1.38. The molecule has 1 unspecified atom stereocenters. The zero-order valence-corrected chi connectivity index (χ0v) is 10.1. The Kier molecular flexibility index (Phi) is 4.50. The number of hydrogen-bond acceptors (Lipinski definition) is 2. The number of amides is 1. The molecule has 3 nitrogen and oxygen atoms in total. The lowest BCUT2D eigenvalue weighted by Gasteiger charge is -2.23. The molecule has 0 aromatic heterocycles. The highest BCUT2D eigenvalue weighted by atomic mass is 16.3. The van der Waals surface area contributed by atoms with Crippen LogP contribution in [0, 0.1) is 6.92 Å². The van der Waals surface area contributed by atoms with Crippen LogP contribution in [0.25, 0.3) is 0 Å². The zero-order valence-electron chi connectivity index (χ0n) is 10.1. The van der Waals surface area contributed by atoms with Crippen molar-refractivity contribution in [3.8, 4) is 0 Å². The van der Waals surface area contributed by atoms with E-state index in [1.54, 1.807) is 11.9 Å². The number of carbonyl (C=O) groups excluding carboxylic acids is 1. The summed E-state index contributed by atoms with van der Waals surface area (Å²) in [6.07, 6.45) is 0.390. The van der Waals surface area contributed by atoms with Gasteiger partial charge in [0, 0.05) is 7.05 Å². The molecule has 1 rings (SSSR count). The molecule has 88 valence electrons. The Balaban J connectivity index is 2.60. The number of nitrogens with zero attached hydrogens (tertiary/aromatic N) is 1. The fraction of sp³-hybridized carbons (Fsp3) is 0.462. The van der Waals surface area contributed by atoms with E-state index in [1.807, 2.05) is 38.1 Å². The van der Waals surface area contributed by atoms with Gasteiger partial charge in [-0.25, -0.2) is 0 Å². The summed E-state index contributed by atoms with van der Waals surface area (Å²) >= 11 is 0. The summed E-state index contributed by atoms with van der Waals surface area (Å²) < 4.78 is 0. The fourth-order valence-corrected chi connectivity index (χ4v) is 1.37. The Morgan fingerprint density at radius 3 is 2.44 bits per heavy atom. The van der Waals surface area contributed by atoms with Crippen LogP contribution in [-0.2, 0) is 11.2 Å². The van der Waals surface area contributed by atoms with E-state index in [1.165, 1.54) is 5.56 Å². The quantitative estimate of drug-likeness (QED) is 0.834. The van der Waals surface area contributed by atoms with Crippen molar-refractivity contribution < 1.29 is 9.90 Å². The van der Waals surface area contributed by atoms with Gasteiger partial charge in [0.1, 0.15) is 0 Å². The van der Waals surface area contributed by atoms with Crippen molar-refractivity contribution in [3.63, 3.8) is 0 Å². The average molecular weight is 221 g/mol. The number of benzene rings is 1. The van der Waals surface area contributed by atoms with Gasteiger partial charge in [0.05, 0.1) is 19.1 Å². The zero-order chi connectivity index (χ0) is 12.1. The van der Waals surface area contributed by atoms with E-state index < -0.39 is 0 Å². The Morgan fingerprint density at radius 2 is 1.94 bits per heavy atom. The molecule has 1 atom stereocenters. The maximum absolute atomic E-state index is 11.8. The van der Waals surface area contributed by atoms with Crippen LogP contribution < -0.4 is 0 Å². The van der Waals surface area contributed by atoms with Gasteiger partial charge in [0.25, 0.3) is 0 Å². The molecule has 0 spiro atoms. The van der Waals surface area contributed by atoms with Crippen LogP contribution in [0.5, 0.6) is 0 Å². The number of aliphatic hydroxyl groups is 1. The molecule has 1 N–H and O–H groups in total. The summed E-state index contributed by atoms with van der Waals surface area (Å²) in [6, 6.07) is 7.80. The first-order valence-electron chi connectivity index (χ1n) is 5.46. The molecule has 0 saturated heterocycles. The first-order chi connectivity index (χ1) is 7.54. The largest absolute Gasteiger partial charge is 0.394 e. The van der Waals surface area contributed by atoms with Crippen molar-refractivity contribution in [1.82, 2.24) is 4.90 Å². The first-order valence-corrected chi connectivity index (χ1v) is 5.46. The molecule has 16 heavy (non-hydrogen) atoms. The van der Waals surface area contributed by atoms with Gasteiger partial charge in [-0.3, -0.25) is 4.79 Å². The van der Waals surface area contributed by atoms with Gasteiger partial charge in [-0.05, 0) is 19.4 Å². The molecule has 1 aromatic carbocycles. The van der Waals surface area contributed by atoms with Crippen molar-refractivity contribution >= 4 is 5.91 Å². The van der Waals surface area contributed by atoms with E-state index in [0.717, 1.165) is 5.56 Å². The van der Waals surface area contributed by atoms with Crippen LogP contribution in [0.4, 0.5) is 0 Å². The van der Waals surface area contributed by atoms with Crippen molar-refractivity contribution in [2.75, 3.05) is 13.7 Å². The third kappa shape index (κ3) is 3.35. The SMILES string of the molecule is Cc1ccc(CC(=O)N(C)C(C)CO)cc1. The Labute approximate surface area is 96.7 Å². The standard InChI is InChI=1S/C13H19NO2/c1-10-4-6-12(7-5-10)8-13(16)14(3)11(2)9-15/h4-7,11,15H,8-9H2,1-3H3. The molecule has 0 fully saturated rings. The molecule has 0 aliphatic rings. The topological polar surface area (TPSA) is 40.5 Å². The van der Waals surface area contributed by atoms with Gasteiger partial charge in [0.2, 0.25) is 5.91 Å². The number of aryl methyl sites for hydroxylation is 1. The van der Waals surface area contributed by atoms with Gasteiger partial charge in [0.15, 0.2) is 0 Å². The van der Waals surface area contributed by atoms with Crippen LogP contribution in [0.2, 0.25) is 0 Å². The molecular formula is C13H19NO2. The van der Waals surface area contributed by atoms with E-state index in [4.69, 9.17) is 5.11 Å². The summed E-state index contributed by atoms with van der Waals surface area (Å²) in [5.74, 6) is 0.0328. The first kappa shape index (κ1) is 12.7. The van der Waals surface area contributed by atoms with E-state index in [0.29, 0.717) is 6.42 Å². The highest BCUT2D eigenvalue weighted by Crippen LogP contribution is 2.06. The molecule has 0 aliphatic carbocycles. The summed E-state index contributed by atoms with van der Waals surface area (Å²) in [4.78, 5) is 13.4. The number of hydrogen-bond donors (Lipinski definition) is 1. The van der Waals surface area contributed by atoms with Crippen molar-refractivity contribution in [2.45, 2.75) is 26.3 Å². The molecular weight excluding hydrogens is 202 g/mol. The van der Waals surface area contributed by atoms with E-state index in [2.05, 4.69) is 0 Å². The lowest BCUT2D eigenvalue weighted by atomic mass is 10.1. The number of carbonyl (C=O) groups is 1. The molecule has 1 aromatic rings. The maximum Gasteiger partial charge on any atom is 0.227 e. The molecule has 0 saturated carbocycles. The second kappa shape index (κ2) is 5.66.